The zero-order valence-electron chi connectivity index (χ0n) is 7.38. The lowest BCUT2D eigenvalue weighted by molar-refractivity contribution is 0.334. The van der Waals surface area contributed by atoms with E-state index in [1.54, 1.807) is 0 Å². The molecule has 64 valence electrons. The summed E-state index contributed by atoms with van der Waals surface area (Å²) in [4.78, 5) is 6.48. The van der Waals surface area contributed by atoms with Gasteiger partial charge in [0.15, 0.2) is 0 Å². The van der Waals surface area contributed by atoms with Crippen LogP contribution in [0, 0.1) is 0 Å². The highest BCUT2D eigenvalue weighted by Gasteiger charge is 2.25. The molecular weight excluding hydrogens is 138 g/mol. The molecule has 0 aromatic heterocycles. The Kier molecular flexibility index (Phi) is 2.88. The molecular formula is C8H17N3. The van der Waals surface area contributed by atoms with Gasteiger partial charge in [-0.25, -0.2) is 0 Å². The third-order valence-electron chi connectivity index (χ3n) is 1.98. The number of aliphatic imine (C=N–C) groups is 1. The SMILES string of the molecule is CC(N)=NCCN(C)C1CC1. The Morgan fingerprint density at radius 2 is 2.27 bits per heavy atom. The van der Waals surface area contributed by atoms with E-state index >= 15 is 0 Å². The molecule has 1 rings (SSSR count). The van der Waals surface area contributed by atoms with Gasteiger partial charge in [0.1, 0.15) is 0 Å². The standard InChI is InChI=1S/C8H17N3/c1-7(9)10-5-6-11(2)8-3-4-8/h8H,3-6H2,1-2H3,(H2,9,10). The van der Waals surface area contributed by atoms with E-state index in [0.29, 0.717) is 5.84 Å². The van der Waals surface area contributed by atoms with Crippen molar-refractivity contribution in [2.45, 2.75) is 25.8 Å². The van der Waals surface area contributed by atoms with Crippen LogP contribution in [0.4, 0.5) is 0 Å². The molecule has 0 bridgehead atoms. The first kappa shape index (κ1) is 8.53. The number of amidine groups is 1. The molecule has 1 saturated carbocycles. The van der Waals surface area contributed by atoms with Gasteiger partial charge in [0.25, 0.3) is 0 Å². The summed E-state index contributed by atoms with van der Waals surface area (Å²) >= 11 is 0. The van der Waals surface area contributed by atoms with Crippen molar-refractivity contribution in [2.24, 2.45) is 10.7 Å². The first-order chi connectivity index (χ1) is 5.20. The van der Waals surface area contributed by atoms with Crippen LogP contribution in [0.1, 0.15) is 19.8 Å². The van der Waals surface area contributed by atoms with Gasteiger partial charge in [-0.1, -0.05) is 0 Å². The summed E-state index contributed by atoms with van der Waals surface area (Å²) < 4.78 is 0. The van der Waals surface area contributed by atoms with E-state index in [0.717, 1.165) is 19.1 Å². The van der Waals surface area contributed by atoms with Crippen molar-refractivity contribution in [3.05, 3.63) is 0 Å². The van der Waals surface area contributed by atoms with Crippen LogP contribution in [0.15, 0.2) is 4.99 Å². The highest BCUT2D eigenvalue weighted by molar-refractivity contribution is 5.77. The molecule has 0 unspecified atom stereocenters. The highest BCUT2D eigenvalue weighted by Crippen LogP contribution is 2.24. The Balaban J connectivity index is 2.06. The fraction of sp³-hybridized carbons (Fsp3) is 0.875. The second-order valence-corrected chi connectivity index (χ2v) is 3.23. The van der Waals surface area contributed by atoms with E-state index < -0.39 is 0 Å². The largest absolute Gasteiger partial charge is 0.388 e. The zero-order valence-corrected chi connectivity index (χ0v) is 7.38. The first-order valence-electron chi connectivity index (χ1n) is 4.17. The van der Waals surface area contributed by atoms with Gasteiger partial charge in [-0.3, -0.25) is 4.99 Å². The average molecular weight is 155 g/mol. The molecule has 0 heterocycles. The molecule has 0 aromatic carbocycles. The molecule has 0 aromatic rings. The maximum atomic E-state index is 5.40. The molecule has 1 fully saturated rings. The summed E-state index contributed by atoms with van der Waals surface area (Å²) in [7, 11) is 2.15. The average Bonchev–Trinajstić information content (AvgIpc) is 2.66. The third kappa shape index (κ3) is 3.37. The summed E-state index contributed by atoms with van der Waals surface area (Å²) in [5.41, 5.74) is 5.40. The molecule has 3 heteroatoms. The van der Waals surface area contributed by atoms with Gasteiger partial charge in [-0.2, -0.15) is 0 Å². The minimum Gasteiger partial charge on any atom is -0.388 e. The first-order valence-corrected chi connectivity index (χ1v) is 4.17. The Hall–Kier alpha value is -0.570. The van der Waals surface area contributed by atoms with Crippen molar-refractivity contribution in [1.82, 2.24) is 4.90 Å². The highest BCUT2D eigenvalue weighted by atomic mass is 15.2. The molecule has 0 radical (unpaired) electrons. The molecule has 0 amide bonds. The van der Waals surface area contributed by atoms with Crippen molar-refractivity contribution in [2.75, 3.05) is 20.1 Å². The summed E-state index contributed by atoms with van der Waals surface area (Å²) in [5, 5.41) is 0. The molecule has 0 atom stereocenters. The maximum absolute atomic E-state index is 5.40. The van der Waals surface area contributed by atoms with E-state index in [1.165, 1.54) is 12.8 Å². The number of rotatable bonds is 4. The molecule has 1 aliphatic rings. The molecule has 11 heavy (non-hydrogen) atoms. The van der Waals surface area contributed by atoms with E-state index in [9.17, 15) is 0 Å². The lowest BCUT2D eigenvalue weighted by Crippen LogP contribution is -2.24. The third-order valence-corrected chi connectivity index (χ3v) is 1.98. The van der Waals surface area contributed by atoms with Crippen molar-refractivity contribution in [3.63, 3.8) is 0 Å². The van der Waals surface area contributed by atoms with Gasteiger partial charge < -0.3 is 10.6 Å². The predicted octanol–water partition coefficient (Wildman–Crippen LogP) is 0.458. The summed E-state index contributed by atoms with van der Waals surface area (Å²) in [6, 6.07) is 0.836. The van der Waals surface area contributed by atoms with Gasteiger partial charge in [-0.05, 0) is 26.8 Å². The van der Waals surface area contributed by atoms with Crippen LogP contribution < -0.4 is 5.73 Å². The summed E-state index contributed by atoms with van der Waals surface area (Å²) in [6.07, 6.45) is 2.73. The normalized spacial score (nSPS) is 19.4. The van der Waals surface area contributed by atoms with Crippen LogP contribution in [0.2, 0.25) is 0 Å². The maximum Gasteiger partial charge on any atom is 0.0906 e. The Morgan fingerprint density at radius 1 is 1.64 bits per heavy atom. The molecule has 1 aliphatic carbocycles. The van der Waals surface area contributed by atoms with Crippen LogP contribution in [0.25, 0.3) is 0 Å². The minimum atomic E-state index is 0.689. The fourth-order valence-corrected chi connectivity index (χ4v) is 1.08. The van der Waals surface area contributed by atoms with Crippen LogP contribution in [-0.4, -0.2) is 36.9 Å². The smallest absolute Gasteiger partial charge is 0.0906 e. The topological polar surface area (TPSA) is 41.6 Å². The van der Waals surface area contributed by atoms with E-state index in [1.807, 2.05) is 6.92 Å². The molecule has 3 nitrogen and oxygen atoms in total. The molecule has 0 saturated heterocycles. The monoisotopic (exact) mass is 155 g/mol. The number of nitrogens with zero attached hydrogens (tertiary/aromatic N) is 2. The van der Waals surface area contributed by atoms with Gasteiger partial charge in [0, 0.05) is 12.6 Å². The lowest BCUT2D eigenvalue weighted by atomic mass is 10.5. The van der Waals surface area contributed by atoms with E-state index in [2.05, 4.69) is 16.9 Å². The molecule has 2 N–H and O–H groups in total. The van der Waals surface area contributed by atoms with Crippen molar-refractivity contribution >= 4 is 5.84 Å². The van der Waals surface area contributed by atoms with Crippen molar-refractivity contribution in [1.29, 1.82) is 0 Å². The Labute approximate surface area is 68.3 Å². The van der Waals surface area contributed by atoms with Gasteiger partial charge in [-0.15, -0.1) is 0 Å². The van der Waals surface area contributed by atoms with Crippen LogP contribution >= 0.6 is 0 Å². The van der Waals surface area contributed by atoms with Crippen molar-refractivity contribution < 1.29 is 0 Å². The van der Waals surface area contributed by atoms with Crippen LogP contribution in [0.3, 0.4) is 0 Å². The van der Waals surface area contributed by atoms with Gasteiger partial charge >= 0.3 is 0 Å². The molecule has 0 aliphatic heterocycles. The van der Waals surface area contributed by atoms with E-state index in [-0.39, 0.29) is 0 Å². The second kappa shape index (κ2) is 3.72. The molecule has 0 spiro atoms. The lowest BCUT2D eigenvalue weighted by Gasteiger charge is -2.13. The van der Waals surface area contributed by atoms with Gasteiger partial charge in [0.2, 0.25) is 0 Å². The van der Waals surface area contributed by atoms with E-state index in [4.69, 9.17) is 5.73 Å². The zero-order chi connectivity index (χ0) is 8.27. The quantitative estimate of drug-likeness (QED) is 0.473. The Morgan fingerprint density at radius 3 is 2.73 bits per heavy atom. The fourth-order valence-electron chi connectivity index (χ4n) is 1.08. The van der Waals surface area contributed by atoms with Crippen LogP contribution in [-0.2, 0) is 0 Å². The summed E-state index contributed by atoms with van der Waals surface area (Å²) in [5.74, 6) is 0.689. The minimum absolute atomic E-state index is 0.689. The second-order valence-electron chi connectivity index (χ2n) is 3.23. The number of hydrogen-bond donors (Lipinski definition) is 1. The number of likely N-dealkylation sites (N-methyl/N-ethyl adjacent to an activating group) is 1. The van der Waals surface area contributed by atoms with Crippen molar-refractivity contribution in [3.8, 4) is 0 Å². The Bertz CT molecular complexity index is 145. The van der Waals surface area contributed by atoms with Crippen LogP contribution in [0.5, 0.6) is 0 Å². The number of nitrogens with two attached hydrogens (primary N) is 1. The van der Waals surface area contributed by atoms with Gasteiger partial charge in [0.05, 0.1) is 12.4 Å². The summed E-state index contributed by atoms with van der Waals surface area (Å²) in [6.45, 7) is 3.71. The number of hydrogen-bond acceptors (Lipinski definition) is 2. The predicted molar refractivity (Wildman–Crippen MR) is 47.8 cm³/mol.